The van der Waals surface area contributed by atoms with Crippen molar-refractivity contribution in [1.82, 2.24) is 19.5 Å². The van der Waals surface area contributed by atoms with Crippen molar-refractivity contribution in [2.45, 2.75) is 0 Å². The number of rotatable bonds is 7. The molecule has 57 heavy (non-hydrogen) atoms. The Labute approximate surface area is 328 Å². The van der Waals surface area contributed by atoms with Crippen LogP contribution in [0.2, 0.25) is 0 Å². The molecule has 0 aliphatic rings. The van der Waals surface area contributed by atoms with Crippen LogP contribution in [0.4, 0.5) is 17.1 Å². The summed E-state index contributed by atoms with van der Waals surface area (Å²) in [6.07, 6.45) is 0. The summed E-state index contributed by atoms with van der Waals surface area (Å²) in [4.78, 5) is 17.5. The van der Waals surface area contributed by atoms with Crippen LogP contribution in [-0.2, 0) is 0 Å². The van der Waals surface area contributed by atoms with Crippen LogP contribution in [0.15, 0.2) is 205 Å². The van der Waals surface area contributed by atoms with Gasteiger partial charge < -0.3 is 9.32 Å². The lowest BCUT2D eigenvalue weighted by Crippen LogP contribution is -2.10. The van der Waals surface area contributed by atoms with E-state index < -0.39 is 0 Å². The van der Waals surface area contributed by atoms with E-state index in [1.807, 2.05) is 78.9 Å². The highest BCUT2D eigenvalue weighted by Gasteiger charge is 2.22. The average Bonchev–Trinajstić information content (AvgIpc) is 3.84. The highest BCUT2D eigenvalue weighted by Crippen LogP contribution is 2.43. The Kier molecular flexibility index (Phi) is 7.71. The first-order valence-electron chi connectivity index (χ1n) is 19.0. The van der Waals surface area contributed by atoms with Gasteiger partial charge in [-0.1, -0.05) is 152 Å². The lowest BCUT2D eigenvalue weighted by atomic mass is 9.99. The lowest BCUT2D eigenvalue weighted by molar-refractivity contribution is 0.669. The summed E-state index contributed by atoms with van der Waals surface area (Å²) in [6, 6.07) is 69.1. The topological polar surface area (TPSA) is 60.0 Å². The van der Waals surface area contributed by atoms with Crippen molar-refractivity contribution in [3.63, 3.8) is 0 Å². The minimum Gasteiger partial charge on any atom is -0.454 e. The first-order chi connectivity index (χ1) is 28.3. The zero-order valence-electron chi connectivity index (χ0n) is 30.7. The van der Waals surface area contributed by atoms with Gasteiger partial charge in [0.15, 0.2) is 17.2 Å². The predicted molar refractivity (Wildman–Crippen MR) is 232 cm³/mol. The van der Waals surface area contributed by atoms with E-state index in [9.17, 15) is 0 Å². The van der Waals surface area contributed by atoms with Crippen LogP contribution in [0, 0.1) is 0 Å². The van der Waals surface area contributed by atoms with Gasteiger partial charge >= 0.3 is 0 Å². The molecule has 0 aliphatic carbocycles. The third-order valence-electron chi connectivity index (χ3n) is 10.7. The molecule has 0 aliphatic heterocycles. The Balaban J connectivity index is 1.07. The van der Waals surface area contributed by atoms with E-state index in [0.717, 1.165) is 83.1 Å². The first kappa shape index (κ1) is 32.6. The van der Waals surface area contributed by atoms with Crippen LogP contribution < -0.4 is 4.90 Å². The molecule has 11 rings (SSSR count). The molecule has 0 amide bonds. The van der Waals surface area contributed by atoms with Crippen LogP contribution in [0.5, 0.6) is 0 Å². The van der Waals surface area contributed by atoms with E-state index in [0.29, 0.717) is 17.6 Å². The maximum atomic E-state index is 6.54. The second-order valence-corrected chi connectivity index (χ2v) is 14.0. The number of benzene rings is 8. The number of hydrogen-bond donors (Lipinski definition) is 0. The van der Waals surface area contributed by atoms with Gasteiger partial charge in [-0.3, -0.25) is 4.57 Å². The van der Waals surface area contributed by atoms with Crippen molar-refractivity contribution >= 4 is 60.8 Å². The van der Waals surface area contributed by atoms with Crippen LogP contribution in [0.1, 0.15) is 0 Å². The Morgan fingerprint density at radius 3 is 1.68 bits per heavy atom. The van der Waals surface area contributed by atoms with Gasteiger partial charge in [-0.25, -0.2) is 4.98 Å². The molecule has 0 N–H and O–H groups in total. The number of hydrogen-bond acceptors (Lipinski definition) is 5. The van der Waals surface area contributed by atoms with Gasteiger partial charge in [0.2, 0.25) is 5.95 Å². The fraction of sp³-hybridized carbons (Fsp3) is 0. The van der Waals surface area contributed by atoms with Gasteiger partial charge in [-0.05, 0) is 59.7 Å². The maximum absolute atomic E-state index is 6.54. The van der Waals surface area contributed by atoms with Crippen molar-refractivity contribution in [1.29, 1.82) is 0 Å². The summed E-state index contributed by atoms with van der Waals surface area (Å²) < 4.78 is 8.71. The van der Waals surface area contributed by atoms with E-state index in [1.165, 1.54) is 0 Å². The first-order valence-corrected chi connectivity index (χ1v) is 19.0. The van der Waals surface area contributed by atoms with Gasteiger partial charge in [0.1, 0.15) is 5.58 Å². The molecule has 268 valence electrons. The third-order valence-corrected chi connectivity index (χ3v) is 10.7. The fourth-order valence-electron chi connectivity index (χ4n) is 8.08. The molecule has 0 radical (unpaired) electrons. The summed E-state index contributed by atoms with van der Waals surface area (Å²) in [6.45, 7) is 0. The van der Waals surface area contributed by atoms with Crippen LogP contribution >= 0.6 is 0 Å². The van der Waals surface area contributed by atoms with Crippen molar-refractivity contribution in [3.05, 3.63) is 200 Å². The van der Waals surface area contributed by atoms with Gasteiger partial charge in [0.05, 0.1) is 16.7 Å². The predicted octanol–water partition coefficient (Wildman–Crippen LogP) is 13.3. The zero-order chi connectivity index (χ0) is 37.7. The molecule has 6 heteroatoms. The molecule has 3 aromatic heterocycles. The molecule has 0 saturated carbocycles. The average molecular weight is 732 g/mol. The molecule has 6 nitrogen and oxygen atoms in total. The Morgan fingerprint density at radius 1 is 0.404 bits per heavy atom. The molecule has 11 aromatic rings. The van der Waals surface area contributed by atoms with Crippen molar-refractivity contribution in [3.8, 4) is 39.9 Å². The number of anilines is 3. The Bertz CT molecular complexity index is 3170. The normalized spacial score (nSPS) is 11.5. The molecule has 3 heterocycles. The molecule has 0 unspecified atom stereocenters. The van der Waals surface area contributed by atoms with Crippen molar-refractivity contribution < 1.29 is 4.42 Å². The molecular formula is C51H33N5O. The van der Waals surface area contributed by atoms with E-state index >= 15 is 0 Å². The summed E-state index contributed by atoms with van der Waals surface area (Å²) in [7, 11) is 0. The van der Waals surface area contributed by atoms with Gasteiger partial charge in [0, 0.05) is 44.0 Å². The maximum Gasteiger partial charge on any atom is 0.238 e. The van der Waals surface area contributed by atoms with E-state index in [2.05, 4.69) is 131 Å². The number of furan rings is 1. The molecule has 0 spiro atoms. The monoisotopic (exact) mass is 731 g/mol. The Morgan fingerprint density at radius 2 is 0.965 bits per heavy atom. The molecule has 0 bridgehead atoms. The minimum atomic E-state index is 0.569. The van der Waals surface area contributed by atoms with Crippen molar-refractivity contribution in [2.75, 3.05) is 4.90 Å². The van der Waals surface area contributed by atoms with Gasteiger partial charge in [0.25, 0.3) is 0 Å². The summed E-state index contributed by atoms with van der Waals surface area (Å²) in [5.41, 5.74) is 10.9. The fourth-order valence-corrected chi connectivity index (χ4v) is 8.08. The van der Waals surface area contributed by atoms with Crippen LogP contribution in [0.3, 0.4) is 0 Å². The second-order valence-electron chi connectivity index (χ2n) is 14.0. The SMILES string of the molecule is c1ccc(-c2nc(-c3ccccc3)nc(-n3c4ccccc4c4c(-c5ccc(N(c6ccccc6)c6cccc7c6oc6ccccc67)cc5)cccc43)n2)cc1. The van der Waals surface area contributed by atoms with Crippen molar-refractivity contribution in [2.24, 2.45) is 0 Å². The van der Waals surface area contributed by atoms with Crippen LogP contribution in [-0.4, -0.2) is 19.5 Å². The highest BCUT2D eigenvalue weighted by molar-refractivity contribution is 6.16. The number of fused-ring (bicyclic) bond motifs is 6. The summed E-state index contributed by atoms with van der Waals surface area (Å²) >= 11 is 0. The molecule has 8 aromatic carbocycles. The molecule has 0 atom stereocenters. The number of nitrogens with zero attached hydrogens (tertiary/aromatic N) is 5. The molecule has 0 saturated heterocycles. The number of para-hydroxylation sites is 4. The smallest absolute Gasteiger partial charge is 0.238 e. The molecular weight excluding hydrogens is 699 g/mol. The van der Waals surface area contributed by atoms with E-state index in [4.69, 9.17) is 19.4 Å². The second kappa shape index (κ2) is 13.5. The highest BCUT2D eigenvalue weighted by atomic mass is 16.3. The Hall–Kier alpha value is -7.83. The number of aromatic nitrogens is 4. The van der Waals surface area contributed by atoms with Gasteiger partial charge in [-0.15, -0.1) is 0 Å². The quantitative estimate of drug-likeness (QED) is 0.163. The van der Waals surface area contributed by atoms with Gasteiger partial charge in [-0.2, -0.15) is 9.97 Å². The minimum absolute atomic E-state index is 0.569. The zero-order valence-corrected chi connectivity index (χ0v) is 30.7. The van der Waals surface area contributed by atoms with E-state index in [1.54, 1.807) is 0 Å². The standard InChI is InChI=1S/C51H33N5O/c1-4-16-35(17-5-1)49-52-50(36-18-6-2-7-19-36)54-51(53-49)56-43-26-12-10-23-42(43)47-39(24-14-27-44(47)56)34-30-32-38(33-31-34)55(37-20-8-3-9-21-37)45-28-15-25-41-40-22-11-13-29-46(40)57-48(41)45/h1-33H. The lowest BCUT2D eigenvalue weighted by Gasteiger charge is -2.25. The molecule has 0 fully saturated rings. The largest absolute Gasteiger partial charge is 0.454 e. The summed E-state index contributed by atoms with van der Waals surface area (Å²) in [5.74, 6) is 1.82. The summed E-state index contributed by atoms with van der Waals surface area (Å²) in [5, 5.41) is 4.46. The third kappa shape index (κ3) is 5.54. The van der Waals surface area contributed by atoms with E-state index in [-0.39, 0.29) is 0 Å². The van der Waals surface area contributed by atoms with Crippen LogP contribution in [0.25, 0.3) is 83.6 Å².